The number of aromatic nitrogens is 3. The first kappa shape index (κ1) is 8.23. The number of pyridine rings is 1. The van der Waals surface area contributed by atoms with E-state index in [4.69, 9.17) is 5.73 Å². The predicted octanol–water partition coefficient (Wildman–Crippen LogP) is 2.00. The molecule has 4 heteroatoms. The van der Waals surface area contributed by atoms with E-state index < -0.39 is 0 Å². The normalized spacial score (nSPS) is 11.3. The number of rotatable bonds is 0. The van der Waals surface area contributed by atoms with Crippen LogP contribution in [0.5, 0.6) is 0 Å². The number of imidazole rings is 1. The Bertz CT molecular complexity index is 654. The summed E-state index contributed by atoms with van der Waals surface area (Å²) < 4.78 is 0. The van der Waals surface area contributed by atoms with Crippen molar-refractivity contribution in [3.63, 3.8) is 0 Å². The Kier molecular flexibility index (Phi) is 1.48. The van der Waals surface area contributed by atoms with Crippen LogP contribution in [-0.2, 0) is 0 Å². The van der Waals surface area contributed by atoms with Crippen LogP contribution in [0.3, 0.4) is 0 Å². The van der Waals surface area contributed by atoms with Crippen molar-refractivity contribution in [2.45, 2.75) is 6.92 Å². The molecule has 2 heterocycles. The molecule has 0 aliphatic rings. The number of aryl methyl sites for hydroxylation is 1. The number of benzene rings is 1. The molecule has 0 fully saturated rings. The first-order chi connectivity index (χ1) is 7.25. The minimum atomic E-state index is 0.436. The molecule has 0 unspecified atom stereocenters. The number of fused-ring (bicyclic) bond motifs is 3. The van der Waals surface area contributed by atoms with Crippen LogP contribution in [0.2, 0.25) is 0 Å². The molecule has 0 aliphatic carbocycles. The van der Waals surface area contributed by atoms with E-state index >= 15 is 0 Å². The van der Waals surface area contributed by atoms with E-state index in [0.29, 0.717) is 5.95 Å². The lowest BCUT2D eigenvalue weighted by atomic mass is 10.1. The SMILES string of the molecule is Cc1cc2cccnc2c2[nH]c(N)nc12. The molecule has 15 heavy (non-hydrogen) atoms. The lowest BCUT2D eigenvalue weighted by molar-refractivity contribution is 1.34. The highest BCUT2D eigenvalue weighted by molar-refractivity contribution is 6.03. The number of nitrogens with zero attached hydrogens (tertiary/aromatic N) is 2. The van der Waals surface area contributed by atoms with Crippen LogP contribution in [0.25, 0.3) is 21.9 Å². The van der Waals surface area contributed by atoms with Gasteiger partial charge >= 0.3 is 0 Å². The molecule has 3 aromatic rings. The van der Waals surface area contributed by atoms with Gasteiger partial charge in [0, 0.05) is 11.6 Å². The van der Waals surface area contributed by atoms with Crippen LogP contribution < -0.4 is 5.73 Å². The van der Waals surface area contributed by atoms with Crippen molar-refractivity contribution in [2.24, 2.45) is 0 Å². The number of anilines is 1. The first-order valence-electron chi connectivity index (χ1n) is 4.75. The van der Waals surface area contributed by atoms with Crippen LogP contribution in [0, 0.1) is 6.92 Å². The lowest BCUT2D eigenvalue weighted by Gasteiger charge is -2.00. The Morgan fingerprint density at radius 2 is 2.20 bits per heavy atom. The van der Waals surface area contributed by atoms with Crippen molar-refractivity contribution in [3.05, 3.63) is 30.0 Å². The van der Waals surface area contributed by atoms with Crippen molar-refractivity contribution in [1.29, 1.82) is 0 Å². The molecule has 3 rings (SSSR count). The highest BCUT2D eigenvalue weighted by Gasteiger charge is 2.08. The molecular weight excluding hydrogens is 188 g/mol. The van der Waals surface area contributed by atoms with Gasteiger partial charge in [0.25, 0.3) is 0 Å². The van der Waals surface area contributed by atoms with Gasteiger partial charge in [-0.1, -0.05) is 6.07 Å². The Morgan fingerprint density at radius 3 is 3.07 bits per heavy atom. The Morgan fingerprint density at radius 1 is 1.33 bits per heavy atom. The predicted molar refractivity (Wildman–Crippen MR) is 60.5 cm³/mol. The summed E-state index contributed by atoms with van der Waals surface area (Å²) in [6.45, 7) is 2.02. The van der Waals surface area contributed by atoms with Gasteiger partial charge in [-0.3, -0.25) is 4.98 Å². The van der Waals surface area contributed by atoms with Crippen LogP contribution in [0.1, 0.15) is 5.56 Å². The molecule has 4 nitrogen and oxygen atoms in total. The molecule has 0 radical (unpaired) electrons. The maximum atomic E-state index is 5.66. The van der Waals surface area contributed by atoms with Crippen LogP contribution in [0.15, 0.2) is 24.4 Å². The summed E-state index contributed by atoms with van der Waals surface area (Å²) in [5, 5.41) is 1.10. The highest BCUT2D eigenvalue weighted by Crippen LogP contribution is 2.25. The molecule has 3 N–H and O–H groups in total. The largest absolute Gasteiger partial charge is 0.369 e. The minimum Gasteiger partial charge on any atom is -0.369 e. The number of nitrogen functional groups attached to an aromatic ring is 1. The number of aromatic amines is 1. The summed E-state index contributed by atoms with van der Waals surface area (Å²) in [5.74, 6) is 0.436. The third-order valence-electron chi connectivity index (χ3n) is 2.54. The topological polar surface area (TPSA) is 67.6 Å². The molecule has 0 aliphatic heterocycles. The van der Waals surface area contributed by atoms with Gasteiger partial charge in [-0.05, 0) is 24.6 Å². The average Bonchev–Trinajstić information content (AvgIpc) is 2.61. The van der Waals surface area contributed by atoms with Crippen molar-refractivity contribution >= 4 is 27.9 Å². The summed E-state index contributed by atoms with van der Waals surface area (Å²) in [7, 11) is 0. The third-order valence-corrected chi connectivity index (χ3v) is 2.54. The van der Waals surface area contributed by atoms with Crippen molar-refractivity contribution in [2.75, 3.05) is 5.73 Å². The zero-order chi connectivity index (χ0) is 10.4. The Labute approximate surface area is 86.1 Å². The van der Waals surface area contributed by atoms with Gasteiger partial charge in [0.2, 0.25) is 0 Å². The molecule has 74 valence electrons. The molecular formula is C11H10N4. The van der Waals surface area contributed by atoms with Crippen molar-refractivity contribution in [3.8, 4) is 0 Å². The fraction of sp³-hybridized carbons (Fsp3) is 0.0909. The van der Waals surface area contributed by atoms with E-state index in [9.17, 15) is 0 Å². The summed E-state index contributed by atoms with van der Waals surface area (Å²) in [4.78, 5) is 11.6. The molecule has 2 aromatic heterocycles. The second kappa shape index (κ2) is 2.70. The van der Waals surface area contributed by atoms with Gasteiger partial charge in [-0.2, -0.15) is 0 Å². The monoisotopic (exact) mass is 198 g/mol. The smallest absolute Gasteiger partial charge is 0.198 e. The second-order valence-electron chi connectivity index (χ2n) is 3.61. The van der Waals surface area contributed by atoms with Gasteiger partial charge in [0.05, 0.1) is 16.6 Å². The number of hydrogen-bond donors (Lipinski definition) is 2. The van der Waals surface area contributed by atoms with E-state index in [-0.39, 0.29) is 0 Å². The number of H-pyrrole nitrogens is 1. The Balaban J connectivity index is 2.63. The number of hydrogen-bond acceptors (Lipinski definition) is 3. The molecule has 0 saturated heterocycles. The highest BCUT2D eigenvalue weighted by atomic mass is 15.0. The van der Waals surface area contributed by atoms with Crippen LogP contribution in [-0.4, -0.2) is 15.0 Å². The molecule has 0 saturated carbocycles. The van der Waals surface area contributed by atoms with E-state index in [1.54, 1.807) is 6.20 Å². The van der Waals surface area contributed by atoms with Crippen molar-refractivity contribution < 1.29 is 0 Å². The maximum absolute atomic E-state index is 5.66. The standard InChI is InChI=1S/C11H10N4/c1-6-5-7-3-2-4-13-9(7)10-8(6)14-11(12)15-10/h2-5H,1H3,(H3,12,14,15). The zero-order valence-electron chi connectivity index (χ0n) is 8.28. The van der Waals surface area contributed by atoms with Gasteiger partial charge < -0.3 is 10.7 Å². The summed E-state index contributed by atoms with van der Waals surface area (Å²) >= 11 is 0. The fourth-order valence-electron chi connectivity index (χ4n) is 1.89. The minimum absolute atomic E-state index is 0.436. The quantitative estimate of drug-likeness (QED) is 0.580. The summed E-state index contributed by atoms with van der Waals surface area (Å²) in [6, 6.07) is 6.03. The Hall–Kier alpha value is -2.10. The van der Waals surface area contributed by atoms with Gasteiger partial charge in [0.1, 0.15) is 0 Å². The second-order valence-corrected chi connectivity index (χ2v) is 3.61. The van der Waals surface area contributed by atoms with E-state index in [1.807, 2.05) is 19.1 Å². The lowest BCUT2D eigenvalue weighted by Crippen LogP contribution is -1.84. The summed E-state index contributed by atoms with van der Waals surface area (Å²) in [6.07, 6.45) is 1.77. The van der Waals surface area contributed by atoms with Gasteiger partial charge in [0.15, 0.2) is 5.95 Å². The molecule has 1 aromatic carbocycles. The first-order valence-corrected chi connectivity index (χ1v) is 4.75. The fourth-order valence-corrected chi connectivity index (χ4v) is 1.89. The molecule has 0 atom stereocenters. The third kappa shape index (κ3) is 1.08. The van der Waals surface area contributed by atoms with Gasteiger partial charge in [-0.15, -0.1) is 0 Å². The summed E-state index contributed by atoms with van der Waals surface area (Å²) in [5.41, 5.74) is 9.51. The average molecular weight is 198 g/mol. The zero-order valence-corrected chi connectivity index (χ0v) is 8.28. The molecule has 0 bridgehead atoms. The van der Waals surface area contributed by atoms with Gasteiger partial charge in [-0.25, -0.2) is 4.98 Å². The van der Waals surface area contributed by atoms with E-state index in [0.717, 1.165) is 27.5 Å². The van der Waals surface area contributed by atoms with E-state index in [2.05, 4.69) is 21.0 Å². The maximum Gasteiger partial charge on any atom is 0.198 e. The van der Waals surface area contributed by atoms with Crippen LogP contribution >= 0.6 is 0 Å². The van der Waals surface area contributed by atoms with E-state index in [1.165, 1.54) is 0 Å². The number of nitrogens with two attached hydrogens (primary N) is 1. The van der Waals surface area contributed by atoms with Crippen molar-refractivity contribution in [1.82, 2.24) is 15.0 Å². The molecule has 0 spiro atoms. The number of nitrogens with one attached hydrogen (secondary N) is 1. The molecule has 0 amide bonds. The van der Waals surface area contributed by atoms with Crippen LogP contribution in [0.4, 0.5) is 5.95 Å².